The third-order valence-electron chi connectivity index (χ3n) is 3.24. The molecule has 0 bridgehead atoms. The molecule has 0 saturated carbocycles. The average molecular weight is 769 g/mol. The van der Waals surface area contributed by atoms with Crippen LogP contribution in [0.2, 0.25) is 0 Å². The van der Waals surface area contributed by atoms with Gasteiger partial charge < -0.3 is 30.5 Å². The van der Waals surface area contributed by atoms with E-state index >= 15 is 0 Å². The number of carbonyl (C=O) groups excluding carboxylic acids is 2. The number of aliphatic hydroxyl groups is 2. The van der Waals surface area contributed by atoms with E-state index in [0.717, 1.165) is 20.3 Å². The van der Waals surface area contributed by atoms with Gasteiger partial charge in [-0.1, -0.05) is 11.8 Å². The molecule has 0 saturated heterocycles. The predicted octanol–water partition coefficient (Wildman–Crippen LogP) is 4.64. The minimum absolute atomic E-state index is 0.00807. The lowest BCUT2D eigenvalue weighted by atomic mass is 10.5. The zero-order valence-electron chi connectivity index (χ0n) is 22.1. The summed E-state index contributed by atoms with van der Waals surface area (Å²) in [6.07, 6.45) is 1.15. The Kier molecular flexibility index (Phi) is 36.5. The zero-order chi connectivity index (χ0) is 30.1. The monoisotopic (exact) mass is 768 g/mol. The lowest BCUT2D eigenvalue weighted by Gasteiger charge is -2.05. The van der Waals surface area contributed by atoms with Crippen molar-refractivity contribution >= 4 is 140 Å². The van der Waals surface area contributed by atoms with Gasteiger partial charge in [-0.05, 0) is 0 Å². The van der Waals surface area contributed by atoms with E-state index in [2.05, 4.69) is 25.5 Å². The highest BCUT2D eigenvalue weighted by atomic mass is 32.3. The SMILES string of the molecule is O=C(NCSCSC/N=C\S(=O)CSCSCSCSC(=O)NCSCSC/N=C/OOCSCO)OCCCO. The molecule has 0 heterocycles. The Hall–Kier alpha value is 1.06. The molecule has 41 heavy (non-hydrogen) atoms. The van der Waals surface area contributed by atoms with E-state index in [4.69, 9.17) is 19.8 Å². The van der Waals surface area contributed by atoms with Crippen molar-refractivity contribution in [3.63, 3.8) is 0 Å². The summed E-state index contributed by atoms with van der Waals surface area (Å²) < 4.78 is 16.8. The van der Waals surface area contributed by atoms with Crippen LogP contribution in [-0.4, -0.2) is 117 Å². The molecule has 0 aliphatic heterocycles. The van der Waals surface area contributed by atoms with E-state index in [0.29, 0.717) is 40.1 Å². The smallest absolute Gasteiger partial charge is 0.407 e. The molecule has 0 spiro atoms. The second-order valence-corrected chi connectivity index (χ2v) is 18.4. The molecule has 0 aromatic rings. The number of hydrogen-bond acceptors (Lipinski definition) is 19. The van der Waals surface area contributed by atoms with Crippen LogP contribution in [0.25, 0.3) is 0 Å². The van der Waals surface area contributed by atoms with Crippen LogP contribution >= 0.6 is 106 Å². The number of hydrogen-bond donors (Lipinski definition) is 4. The summed E-state index contributed by atoms with van der Waals surface area (Å²) >= 11 is 13.7. The van der Waals surface area contributed by atoms with E-state index in [1.165, 1.54) is 47.2 Å². The molecule has 12 nitrogen and oxygen atoms in total. The highest BCUT2D eigenvalue weighted by Crippen LogP contribution is 2.22. The summed E-state index contributed by atoms with van der Waals surface area (Å²) in [4.78, 5) is 40.7. The first kappa shape index (κ1) is 42.1. The van der Waals surface area contributed by atoms with Gasteiger partial charge in [0.05, 0.1) is 57.5 Å². The van der Waals surface area contributed by atoms with Crippen LogP contribution in [0.15, 0.2) is 9.98 Å². The standard InChI is InChI=1S/C19H36N4O8S10/c24-2-1-3-29-18(26)22-7-34-13-33-6-21-9-41(28)17-39-15-37-14-38-16-40-19(27)23-8-35-12-32-5-20-4-30-31-11-36-10-25/h4,9,24-25H,1-3,5-8,10-17H2,(H,22,26)(H,23,27)/b20-4+,21-9-. The van der Waals surface area contributed by atoms with Gasteiger partial charge in [0.25, 0.3) is 5.24 Å². The first-order valence-electron chi connectivity index (χ1n) is 11.4. The van der Waals surface area contributed by atoms with Crippen LogP contribution in [-0.2, 0) is 25.3 Å². The van der Waals surface area contributed by atoms with E-state index in [1.54, 1.807) is 70.6 Å². The third-order valence-corrected chi connectivity index (χ3v) is 13.9. The number of aliphatic imine (C=N–C) groups is 2. The molecule has 0 rings (SSSR count). The molecular weight excluding hydrogens is 733 g/mol. The Morgan fingerprint density at radius 3 is 2.27 bits per heavy atom. The summed E-state index contributed by atoms with van der Waals surface area (Å²) in [5.41, 5.74) is 1.48. The van der Waals surface area contributed by atoms with E-state index in [1.807, 2.05) is 0 Å². The van der Waals surface area contributed by atoms with Crippen molar-refractivity contribution in [2.75, 3.05) is 79.1 Å². The van der Waals surface area contributed by atoms with Gasteiger partial charge in [0, 0.05) is 38.5 Å². The average Bonchev–Trinajstić information content (AvgIpc) is 2.96. The van der Waals surface area contributed by atoms with Crippen LogP contribution in [0.3, 0.4) is 0 Å². The fourth-order valence-corrected chi connectivity index (χ4v) is 10.7. The molecule has 0 aliphatic rings. The quantitative estimate of drug-likeness (QED) is 0.0207. The molecule has 0 radical (unpaired) electrons. The number of alkyl carbamates (subject to hydrolysis) is 1. The van der Waals surface area contributed by atoms with Crippen molar-refractivity contribution in [3.8, 4) is 0 Å². The third kappa shape index (κ3) is 35.4. The normalized spacial score (nSPS) is 12.1. The molecule has 0 aromatic carbocycles. The minimum Gasteiger partial charge on any atom is -0.449 e. The van der Waals surface area contributed by atoms with Crippen molar-refractivity contribution in [2.45, 2.75) is 6.42 Å². The Morgan fingerprint density at radius 2 is 1.51 bits per heavy atom. The maximum Gasteiger partial charge on any atom is 0.407 e. The Morgan fingerprint density at radius 1 is 0.829 bits per heavy atom. The van der Waals surface area contributed by atoms with Crippen LogP contribution in [0.1, 0.15) is 6.42 Å². The second kappa shape index (κ2) is 35.5. The fourth-order valence-electron chi connectivity index (χ4n) is 1.66. The fraction of sp³-hybridized carbons (Fsp3) is 0.789. The van der Waals surface area contributed by atoms with Crippen LogP contribution < -0.4 is 10.6 Å². The van der Waals surface area contributed by atoms with Crippen LogP contribution in [0.5, 0.6) is 0 Å². The molecule has 1 unspecified atom stereocenters. The number of ether oxygens (including phenoxy) is 1. The number of thioether (sulfide) groups is 9. The van der Waals surface area contributed by atoms with E-state index in [-0.39, 0.29) is 30.3 Å². The number of aliphatic hydroxyl groups excluding tert-OH is 2. The first-order valence-corrected chi connectivity index (χ1v) is 23.0. The van der Waals surface area contributed by atoms with E-state index < -0.39 is 16.9 Å². The van der Waals surface area contributed by atoms with Crippen molar-refractivity contribution in [3.05, 3.63) is 0 Å². The van der Waals surface area contributed by atoms with Gasteiger partial charge in [-0.2, -0.15) is 4.89 Å². The molecule has 240 valence electrons. The Balaban J connectivity index is 3.39. The summed E-state index contributed by atoms with van der Waals surface area (Å²) in [5, 5.41) is 27.0. The molecular formula is C19H36N4O8S10. The van der Waals surface area contributed by atoms with Crippen molar-refractivity contribution < 1.29 is 38.5 Å². The van der Waals surface area contributed by atoms with Crippen LogP contribution in [0.4, 0.5) is 9.59 Å². The molecule has 1 atom stereocenters. The second-order valence-electron chi connectivity index (χ2n) is 6.30. The molecule has 2 amide bonds. The van der Waals surface area contributed by atoms with Gasteiger partial charge in [0.15, 0.2) is 0 Å². The lowest BCUT2D eigenvalue weighted by Crippen LogP contribution is -2.24. The minimum atomic E-state index is -1.11. The van der Waals surface area contributed by atoms with Crippen molar-refractivity contribution in [2.24, 2.45) is 9.98 Å². The number of amides is 2. The molecule has 0 aliphatic carbocycles. The molecule has 0 aromatic heterocycles. The highest BCUT2D eigenvalue weighted by Gasteiger charge is 2.03. The molecule has 4 N–H and O–H groups in total. The summed E-state index contributed by atoms with van der Waals surface area (Å²) in [6, 6.07) is 0. The summed E-state index contributed by atoms with van der Waals surface area (Å²) in [6.45, 7) is 0.191. The maximum atomic E-state index is 12.0. The van der Waals surface area contributed by atoms with E-state index in [9.17, 15) is 13.8 Å². The van der Waals surface area contributed by atoms with Gasteiger partial charge in [-0.15, -0.1) is 94.1 Å². The Labute approximate surface area is 282 Å². The van der Waals surface area contributed by atoms with Crippen molar-refractivity contribution in [1.29, 1.82) is 0 Å². The number of nitrogens with one attached hydrogen (secondary N) is 2. The number of nitrogens with zero attached hydrogens (tertiary/aromatic N) is 2. The van der Waals surface area contributed by atoms with Crippen molar-refractivity contribution in [1.82, 2.24) is 10.6 Å². The van der Waals surface area contributed by atoms with Gasteiger partial charge >= 0.3 is 6.09 Å². The van der Waals surface area contributed by atoms with Gasteiger partial charge in [-0.3, -0.25) is 14.0 Å². The topological polar surface area (TPSA) is 168 Å². The lowest BCUT2D eigenvalue weighted by molar-refractivity contribution is -0.196. The Bertz CT molecular complexity index is 719. The number of carbonyl (C=O) groups is 2. The van der Waals surface area contributed by atoms with Gasteiger partial charge in [0.2, 0.25) is 6.40 Å². The predicted molar refractivity (Wildman–Crippen MR) is 191 cm³/mol. The largest absolute Gasteiger partial charge is 0.449 e. The first-order chi connectivity index (χ1) is 20.1. The number of rotatable bonds is 29. The zero-order valence-corrected chi connectivity index (χ0v) is 30.2. The summed E-state index contributed by atoms with van der Waals surface area (Å²) in [5.74, 6) is 2.21. The van der Waals surface area contributed by atoms with Gasteiger partial charge in [0.1, 0.15) is 5.94 Å². The maximum absolute atomic E-state index is 12.0. The van der Waals surface area contributed by atoms with Crippen LogP contribution in [0, 0.1) is 0 Å². The molecule has 0 fully saturated rings. The molecule has 22 heteroatoms. The highest BCUT2D eigenvalue weighted by molar-refractivity contribution is 8.29. The van der Waals surface area contributed by atoms with Gasteiger partial charge in [-0.25, -0.2) is 9.79 Å². The summed E-state index contributed by atoms with van der Waals surface area (Å²) in [7, 11) is -1.11.